The van der Waals surface area contributed by atoms with Gasteiger partial charge in [0.1, 0.15) is 0 Å². The van der Waals surface area contributed by atoms with Crippen molar-refractivity contribution in [1.82, 2.24) is 0 Å². The van der Waals surface area contributed by atoms with Crippen molar-refractivity contribution < 1.29 is 0 Å². The smallest absolute Gasteiger partial charge is 0.0323 e. The van der Waals surface area contributed by atoms with Crippen LogP contribution < -0.4 is 0 Å². The summed E-state index contributed by atoms with van der Waals surface area (Å²) in [6, 6.07) is 0. The first kappa shape index (κ1) is 11.7. The molecule has 0 saturated heterocycles. The average molecular weight is 168 g/mol. The highest BCUT2D eigenvalue weighted by molar-refractivity contribution is 4.95. The fourth-order valence-corrected chi connectivity index (χ4v) is 1.05. The first-order chi connectivity index (χ1) is 5.66. The van der Waals surface area contributed by atoms with Crippen molar-refractivity contribution in [3.8, 4) is 0 Å². The molecule has 0 aliphatic heterocycles. The van der Waals surface area contributed by atoms with E-state index < -0.39 is 0 Å². The third kappa shape index (κ3) is 7.84. The van der Waals surface area contributed by atoms with Crippen LogP contribution in [0.4, 0.5) is 0 Å². The van der Waals surface area contributed by atoms with Crippen LogP contribution in [0.2, 0.25) is 0 Å². The molecule has 0 atom stereocenters. The fourth-order valence-electron chi connectivity index (χ4n) is 1.05. The molecule has 0 radical (unpaired) electrons. The SMILES string of the molecule is C=C1CCCCC1.CCC(C)C. The van der Waals surface area contributed by atoms with Gasteiger partial charge in [-0.05, 0) is 31.6 Å². The average Bonchev–Trinajstić information content (AvgIpc) is 2.07. The molecule has 1 fully saturated rings. The van der Waals surface area contributed by atoms with E-state index in [2.05, 4.69) is 27.4 Å². The highest BCUT2D eigenvalue weighted by Crippen LogP contribution is 2.20. The van der Waals surface area contributed by atoms with Crippen LogP contribution in [0, 0.1) is 5.92 Å². The van der Waals surface area contributed by atoms with E-state index in [9.17, 15) is 0 Å². The van der Waals surface area contributed by atoms with Crippen LogP contribution in [0.3, 0.4) is 0 Å². The Hall–Kier alpha value is -0.260. The number of rotatable bonds is 1. The van der Waals surface area contributed by atoms with Crippen molar-refractivity contribution in [1.29, 1.82) is 0 Å². The Morgan fingerprint density at radius 3 is 1.75 bits per heavy atom. The molecule has 0 aromatic carbocycles. The topological polar surface area (TPSA) is 0 Å². The van der Waals surface area contributed by atoms with Crippen LogP contribution in [0.1, 0.15) is 59.3 Å². The van der Waals surface area contributed by atoms with Gasteiger partial charge < -0.3 is 0 Å². The molecule has 72 valence electrons. The van der Waals surface area contributed by atoms with Crippen molar-refractivity contribution in [3.05, 3.63) is 12.2 Å². The minimum Gasteiger partial charge on any atom is -0.0999 e. The maximum Gasteiger partial charge on any atom is -0.0323 e. The summed E-state index contributed by atoms with van der Waals surface area (Å²) in [7, 11) is 0. The van der Waals surface area contributed by atoms with Gasteiger partial charge in [0.15, 0.2) is 0 Å². The maximum atomic E-state index is 3.91. The van der Waals surface area contributed by atoms with Gasteiger partial charge in [0.05, 0.1) is 0 Å². The molecular formula is C12H24. The van der Waals surface area contributed by atoms with Crippen LogP contribution in [-0.4, -0.2) is 0 Å². The third-order valence-corrected chi connectivity index (χ3v) is 2.38. The van der Waals surface area contributed by atoms with Gasteiger partial charge in [-0.25, -0.2) is 0 Å². The van der Waals surface area contributed by atoms with Gasteiger partial charge in [-0.2, -0.15) is 0 Å². The van der Waals surface area contributed by atoms with Crippen LogP contribution in [0.15, 0.2) is 12.2 Å². The summed E-state index contributed by atoms with van der Waals surface area (Å²) >= 11 is 0. The Bertz CT molecular complexity index is 103. The quantitative estimate of drug-likeness (QED) is 0.503. The van der Waals surface area contributed by atoms with Gasteiger partial charge in [0, 0.05) is 0 Å². The molecule has 1 saturated carbocycles. The highest BCUT2D eigenvalue weighted by atomic mass is 14.1. The summed E-state index contributed by atoms with van der Waals surface area (Å²) in [4.78, 5) is 0. The molecule has 0 amide bonds. The zero-order chi connectivity index (χ0) is 9.40. The van der Waals surface area contributed by atoms with Crippen LogP contribution in [-0.2, 0) is 0 Å². The lowest BCUT2D eigenvalue weighted by atomic mass is 9.97. The predicted molar refractivity (Wildman–Crippen MR) is 57.4 cm³/mol. The van der Waals surface area contributed by atoms with Gasteiger partial charge >= 0.3 is 0 Å². The molecule has 0 spiro atoms. The molecule has 0 heterocycles. The van der Waals surface area contributed by atoms with Crippen molar-refractivity contribution in [3.63, 3.8) is 0 Å². The Morgan fingerprint density at radius 1 is 1.17 bits per heavy atom. The molecule has 0 N–H and O–H groups in total. The van der Waals surface area contributed by atoms with Gasteiger partial charge in [-0.15, -0.1) is 0 Å². The second-order valence-electron chi connectivity index (χ2n) is 4.11. The van der Waals surface area contributed by atoms with Crippen molar-refractivity contribution >= 4 is 0 Å². The number of hydrogen-bond acceptors (Lipinski definition) is 0. The van der Waals surface area contributed by atoms with Crippen LogP contribution in [0.5, 0.6) is 0 Å². The summed E-state index contributed by atoms with van der Waals surface area (Å²) in [6.45, 7) is 10.6. The fraction of sp³-hybridized carbons (Fsp3) is 0.833. The molecule has 0 heteroatoms. The summed E-state index contributed by atoms with van der Waals surface area (Å²) in [5, 5.41) is 0. The second kappa shape index (κ2) is 7.39. The summed E-state index contributed by atoms with van der Waals surface area (Å²) in [6.07, 6.45) is 8.09. The van der Waals surface area contributed by atoms with Crippen molar-refractivity contribution in [2.24, 2.45) is 5.92 Å². The Morgan fingerprint density at radius 2 is 1.58 bits per heavy atom. The zero-order valence-corrected chi connectivity index (χ0v) is 9.03. The molecule has 0 aromatic heterocycles. The lowest BCUT2D eigenvalue weighted by molar-refractivity contribution is 0.601. The van der Waals surface area contributed by atoms with Gasteiger partial charge in [-0.3, -0.25) is 0 Å². The highest BCUT2D eigenvalue weighted by Gasteiger charge is 2.00. The first-order valence-corrected chi connectivity index (χ1v) is 5.33. The lowest BCUT2D eigenvalue weighted by Gasteiger charge is -2.10. The van der Waals surface area contributed by atoms with E-state index in [1.165, 1.54) is 44.1 Å². The normalized spacial score (nSPS) is 17.2. The second-order valence-corrected chi connectivity index (χ2v) is 4.11. The van der Waals surface area contributed by atoms with Gasteiger partial charge in [0.2, 0.25) is 0 Å². The van der Waals surface area contributed by atoms with Crippen molar-refractivity contribution in [2.75, 3.05) is 0 Å². The first-order valence-electron chi connectivity index (χ1n) is 5.33. The molecule has 1 aliphatic carbocycles. The Labute approximate surface area is 78.1 Å². The van der Waals surface area contributed by atoms with Crippen LogP contribution >= 0.6 is 0 Å². The van der Waals surface area contributed by atoms with E-state index in [4.69, 9.17) is 0 Å². The predicted octanol–water partition coefficient (Wildman–Crippen LogP) is 4.56. The maximum absolute atomic E-state index is 3.91. The third-order valence-electron chi connectivity index (χ3n) is 2.38. The number of hydrogen-bond donors (Lipinski definition) is 0. The van der Waals surface area contributed by atoms with Crippen LogP contribution in [0.25, 0.3) is 0 Å². The molecule has 0 nitrogen and oxygen atoms in total. The largest absolute Gasteiger partial charge is 0.0999 e. The minimum absolute atomic E-state index is 0.884. The lowest BCUT2D eigenvalue weighted by Crippen LogP contribution is -1.90. The summed E-state index contributed by atoms with van der Waals surface area (Å²) in [5.74, 6) is 0.884. The minimum atomic E-state index is 0.884. The molecule has 1 rings (SSSR count). The van der Waals surface area contributed by atoms with E-state index in [1.807, 2.05) is 0 Å². The molecular weight excluding hydrogens is 144 g/mol. The van der Waals surface area contributed by atoms with E-state index in [-0.39, 0.29) is 0 Å². The standard InChI is InChI=1S/C7H12.C5H12/c1-7-5-3-2-4-6-7;1-4-5(2)3/h1-6H2;5H,4H2,1-3H3. The Balaban J connectivity index is 0.000000217. The van der Waals surface area contributed by atoms with E-state index in [1.54, 1.807) is 0 Å². The molecule has 0 unspecified atom stereocenters. The summed E-state index contributed by atoms with van der Waals surface area (Å²) in [5.41, 5.74) is 1.46. The van der Waals surface area contributed by atoms with Crippen molar-refractivity contribution in [2.45, 2.75) is 59.3 Å². The molecule has 0 aromatic rings. The van der Waals surface area contributed by atoms with Gasteiger partial charge in [0.25, 0.3) is 0 Å². The monoisotopic (exact) mass is 168 g/mol. The number of allylic oxidation sites excluding steroid dienone is 1. The summed E-state index contributed by atoms with van der Waals surface area (Å²) < 4.78 is 0. The van der Waals surface area contributed by atoms with E-state index in [0.29, 0.717) is 0 Å². The Kier molecular flexibility index (Phi) is 7.23. The van der Waals surface area contributed by atoms with E-state index >= 15 is 0 Å². The zero-order valence-electron chi connectivity index (χ0n) is 9.03. The van der Waals surface area contributed by atoms with Gasteiger partial charge in [-0.1, -0.05) is 45.8 Å². The molecule has 12 heavy (non-hydrogen) atoms. The van der Waals surface area contributed by atoms with E-state index in [0.717, 1.165) is 5.92 Å². The molecule has 1 aliphatic rings. The molecule has 0 bridgehead atoms.